The van der Waals surface area contributed by atoms with E-state index in [-0.39, 0.29) is 11.3 Å². The van der Waals surface area contributed by atoms with Crippen molar-refractivity contribution >= 4 is 5.91 Å². The van der Waals surface area contributed by atoms with Crippen LogP contribution >= 0.6 is 0 Å². The first-order valence-electron chi connectivity index (χ1n) is 6.07. The van der Waals surface area contributed by atoms with E-state index in [0.29, 0.717) is 18.7 Å². The van der Waals surface area contributed by atoms with Crippen LogP contribution in [-0.4, -0.2) is 26.1 Å². The molecule has 0 aliphatic carbocycles. The Balaban J connectivity index is 3.07. The van der Waals surface area contributed by atoms with Gasteiger partial charge in [0.15, 0.2) is 0 Å². The van der Waals surface area contributed by atoms with E-state index < -0.39 is 0 Å². The number of carbonyl (C=O) groups excluding carboxylic acids is 1. The lowest BCUT2D eigenvalue weighted by Gasteiger charge is -2.22. The Morgan fingerprint density at radius 2 is 2.06 bits per heavy atom. The number of methoxy groups -OCH3 is 1. The van der Waals surface area contributed by atoms with Gasteiger partial charge in [-0.25, -0.2) is 0 Å². The molecule has 1 aromatic carbocycles. The number of amides is 1. The second kappa shape index (κ2) is 5.87. The summed E-state index contributed by atoms with van der Waals surface area (Å²) in [6.45, 7) is 7.19. The maximum Gasteiger partial charge on any atom is 0.251 e. The first-order chi connectivity index (χ1) is 8.40. The van der Waals surface area contributed by atoms with Gasteiger partial charge in [-0.05, 0) is 23.6 Å². The van der Waals surface area contributed by atoms with Crippen LogP contribution in [0.25, 0.3) is 0 Å². The molecule has 0 aliphatic heterocycles. The molecule has 4 heteroatoms. The second-order valence-electron chi connectivity index (χ2n) is 5.21. The van der Waals surface area contributed by atoms with Crippen molar-refractivity contribution in [3.8, 4) is 5.75 Å². The smallest absolute Gasteiger partial charge is 0.251 e. The number of hydrogen-bond donors (Lipinski definition) is 2. The maximum absolute atomic E-state index is 11.9. The van der Waals surface area contributed by atoms with Crippen molar-refractivity contribution in [1.29, 1.82) is 0 Å². The van der Waals surface area contributed by atoms with Gasteiger partial charge in [-0.15, -0.1) is 0 Å². The minimum absolute atomic E-state index is 0.0739. The van der Waals surface area contributed by atoms with Gasteiger partial charge in [-0.2, -0.15) is 0 Å². The molecule has 1 rings (SSSR count). The predicted octanol–water partition coefficient (Wildman–Crippen LogP) is 1.68. The summed E-state index contributed by atoms with van der Waals surface area (Å²) in [6, 6.07) is 5.47. The van der Waals surface area contributed by atoms with Crippen molar-refractivity contribution < 1.29 is 9.53 Å². The van der Waals surface area contributed by atoms with Crippen LogP contribution in [0.2, 0.25) is 0 Å². The number of nitrogens with two attached hydrogens (primary N) is 1. The zero-order valence-electron chi connectivity index (χ0n) is 11.5. The molecule has 1 aromatic rings. The molecule has 3 N–H and O–H groups in total. The molecule has 0 fully saturated rings. The monoisotopic (exact) mass is 250 g/mol. The van der Waals surface area contributed by atoms with Crippen LogP contribution in [0.15, 0.2) is 18.2 Å². The van der Waals surface area contributed by atoms with Crippen LogP contribution in [0, 0.1) is 0 Å². The molecule has 0 bridgehead atoms. The zero-order chi connectivity index (χ0) is 13.8. The Bertz CT molecular complexity index is 422. The predicted molar refractivity (Wildman–Crippen MR) is 73.1 cm³/mol. The minimum Gasteiger partial charge on any atom is -0.496 e. The van der Waals surface area contributed by atoms with E-state index in [1.165, 1.54) is 0 Å². The van der Waals surface area contributed by atoms with E-state index in [1.54, 1.807) is 13.2 Å². The van der Waals surface area contributed by atoms with E-state index in [0.717, 1.165) is 11.3 Å². The van der Waals surface area contributed by atoms with Crippen molar-refractivity contribution in [2.75, 3.05) is 20.2 Å². The minimum atomic E-state index is -0.103. The topological polar surface area (TPSA) is 64.3 Å². The molecule has 0 unspecified atom stereocenters. The molecule has 4 nitrogen and oxygen atoms in total. The SMILES string of the molecule is COc1ccc(C(=O)NCCN)cc1C(C)(C)C. The summed E-state index contributed by atoms with van der Waals surface area (Å²) < 4.78 is 5.34. The van der Waals surface area contributed by atoms with Crippen LogP contribution in [-0.2, 0) is 5.41 Å². The van der Waals surface area contributed by atoms with E-state index in [2.05, 4.69) is 26.1 Å². The average molecular weight is 250 g/mol. The molecule has 0 atom stereocenters. The van der Waals surface area contributed by atoms with Gasteiger partial charge in [0.05, 0.1) is 7.11 Å². The lowest BCUT2D eigenvalue weighted by atomic mass is 9.85. The van der Waals surface area contributed by atoms with Crippen molar-refractivity contribution in [3.05, 3.63) is 29.3 Å². The van der Waals surface area contributed by atoms with Crippen molar-refractivity contribution in [2.24, 2.45) is 5.73 Å². The summed E-state index contributed by atoms with van der Waals surface area (Å²) in [5.74, 6) is 0.700. The highest BCUT2D eigenvalue weighted by Crippen LogP contribution is 2.31. The van der Waals surface area contributed by atoms with Crippen LogP contribution in [0.3, 0.4) is 0 Å². The quantitative estimate of drug-likeness (QED) is 0.854. The lowest BCUT2D eigenvalue weighted by molar-refractivity contribution is 0.0954. The fraction of sp³-hybridized carbons (Fsp3) is 0.500. The molecule has 1 amide bonds. The summed E-state index contributed by atoms with van der Waals surface area (Å²) >= 11 is 0. The highest BCUT2D eigenvalue weighted by molar-refractivity contribution is 5.94. The average Bonchev–Trinajstić information content (AvgIpc) is 2.34. The van der Waals surface area contributed by atoms with Crippen LogP contribution < -0.4 is 15.8 Å². The first kappa shape index (κ1) is 14.5. The summed E-state index contributed by atoms with van der Waals surface area (Å²) in [7, 11) is 1.64. The summed E-state index contributed by atoms with van der Waals surface area (Å²) in [5, 5.41) is 2.76. The van der Waals surface area contributed by atoms with E-state index in [1.807, 2.05) is 12.1 Å². The largest absolute Gasteiger partial charge is 0.496 e. The highest BCUT2D eigenvalue weighted by Gasteiger charge is 2.20. The molecular weight excluding hydrogens is 228 g/mol. The van der Waals surface area contributed by atoms with E-state index in [4.69, 9.17) is 10.5 Å². The number of nitrogens with one attached hydrogen (secondary N) is 1. The first-order valence-corrected chi connectivity index (χ1v) is 6.07. The summed E-state index contributed by atoms with van der Waals surface area (Å²) in [5.41, 5.74) is 6.94. The van der Waals surface area contributed by atoms with Gasteiger partial charge in [-0.1, -0.05) is 20.8 Å². The van der Waals surface area contributed by atoms with Gasteiger partial charge in [0, 0.05) is 24.2 Å². The molecule has 0 heterocycles. The van der Waals surface area contributed by atoms with Crippen molar-refractivity contribution in [3.63, 3.8) is 0 Å². The molecule has 0 aromatic heterocycles. The standard InChI is InChI=1S/C14H22N2O2/c1-14(2,3)11-9-10(5-6-12(11)18-4)13(17)16-8-7-15/h5-6,9H,7-8,15H2,1-4H3,(H,16,17). The second-order valence-corrected chi connectivity index (χ2v) is 5.21. The van der Waals surface area contributed by atoms with Crippen molar-refractivity contribution in [2.45, 2.75) is 26.2 Å². The number of hydrogen-bond acceptors (Lipinski definition) is 3. The Morgan fingerprint density at radius 3 is 2.56 bits per heavy atom. The van der Waals surface area contributed by atoms with E-state index >= 15 is 0 Å². The molecule has 0 radical (unpaired) electrons. The van der Waals surface area contributed by atoms with Crippen LogP contribution in [0.1, 0.15) is 36.7 Å². The summed E-state index contributed by atoms with van der Waals surface area (Å²) in [4.78, 5) is 11.9. The lowest BCUT2D eigenvalue weighted by Crippen LogP contribution is -2.29. The third-order valence-electron chi connectivity index (χ3n) is 2.70. The van der Waals surface area contributed by atoms with Crippen LogP contribution in [0.4, 0.5) is 0 Å². The van der Waals surface area contributed by atoms with Gasteiger partial charge < -0.3 is 15.8 Å². The van der Waals surface area contributed by atoms with Gasteiger partial charge in [0.25, 0.3) is 5.91 Å². The van der Waals surface area contributed by atoms with Gasteiger partial charge in [0.2, 0.25) is 0 Å². The molecule has 0 saturated carbocycles. The number of ether oxygens (including phenoxy) is 1. The van der Waals surface area contributed by atoms with E-state index in [9.17, 15) is 4.79 Å². The number of benzene rings is 1. The molecule has 0 aliphatic rings. The normalized spacial score (nSPS) is 11.2. The highest BCUT2D eigenvalue weighted by atomic mass is 16.5. The number of carbonyl (C=O) groups is 1. The maximum atomic E-state index is 11.9. The van der Waals surface area contributed by atoms with Crippen molar-refractivity contribution in [1.82, 2.24) is 5.32 Å². The zero-order valence-corrected chi connectivity index (χ0v) is 11.5. The number of rotatable bonds is 4. The Morgan fingerprint density at radius 1 is 1.39 bits per heavy atom. The van der Waals surface area contributed by atoms with Gasteiger partial charge in [0.1, 0.15) is 5.75 Å². The van der Waals surface area contributed by atoms with Crippen LogP contribution in [0.5, 0.6) is 5.75 Å². The molecule has 18 heavy (non-hydrogen) atoms. The Labute approximate surface area is 109 Å². The third kappa shape index (κ3) is 3.47. The fourth-order valence-electron chi connectivity index (χ4n) is 1.72. The molecule has 0 spiro atoms. The molecule has 100 valence electrons. The fourth-order valence-corrected chi connectivity index (χ4v) is 1.72. The Kier molecular flexibility index (Phi) is 4.73. The van der Waals surface area contributed by atoms with Gasteiger partial charge >= 0.3 is 0 Å². The summed E-state index contributed by atoms with van der Waals surface area (Å²) in [6.07, 6.45) is 0. The Hall–Kier alpha value is -1.55. The third-order valence-corrected chi connectivity index (χ3v) is 2.70. The molecular formula is C14H22N2O2. The van der Waals surface area contributed by atoms with Gasteiger partial charge in [-0.3, -0.25) is 4.79 Å². The molecule has 0 saturated heterocycles.